The third-order valence-electron chi connectivity index (χ3n) is 13.0. The van der Waals surface area contributed by atoms with Crippen molar-refractivity contribution in [2.24, 2.45) is 17.8 Å². The van der Waals surface area contributed by atoms with Gasteiger partial charge < -0.3 is 39.1 Å². The number of amides is 2. The van der Waals surface area contributed by atoms with Crippen molar-refractivity contribution in [1.82, 2.24) is 15.1 Å². The van der Waals surface area contributed by atoms with Crippen LogP contribution in [0.15, 0.2) is 109 Å². The molecule has 13 nitrogen and oxygen atoms in total. The molecule has 68 heavy (non-hydrogen) atoms. The van der Waals surface area contributed by atoms with Gasteiger partial charge in [-0.15, -0.1) is 0 Å². The Morgan fingerprint density at radius 2 is 1.51 bits per heavy atom. The lowest BCUT2D eigenvalue weighted by atomic mass is 9.86. The topological polar surface area (TPSA) is 143 Å². The minimum Gasteiger partial charge on any atom is -0.619 e. The number of pyridine rings is 1. The second-order valence-electron chi connectivity index (χ2n) is 17.8. The van der Waals surface area contributed by atoms with Crippen LogP contribution in [0.5, 0.6) is 17.2 Å². The summed E-state index contributed by atoms with van der Waals surface area (Å²) in [5, 5.41) is 15.2. The van der Waals surface area contributed by atoms with E-state index >= 15 is 0 Å². The van der Waals surface area contributed by atoms with E-state index in [2.05, 4.69) is 10.2 Å². The molecule has 4 saturated heterocycles. The minimum atomic E-state index is -3.09. The molecule has 1 aliphatic carbocycles. The standard InChI is InChI=1S/C51H50Cl2F2N4O9/c52-41-26-59(63)27-42(53)40(41)23-44(36-15-16-43(67-50(54)55)45(22-36)65-30-31-9-10-31)66-49(61)38-24-58(25-38)48(60)35-13-11-32(12-14-35)29-64-39-8-4-7-37(21-39)47(34-5-2-1-3-6-34)56-51(62)68-46-28-57-19-17-33(46)18-20-57/h1-8,11-16,21-22,26-27,31,33,38,44,46-47,50H,9-10,17-20,23-25,28-30H2,(H,56,62)/t44-,46-,47-/m0/s1. The van der Waals surface area contributed by atoms with Crippen LogP contribution in [0.4, 0.5) is 13.6 Å². The van der Waals surface area contributed by atoms with Gasteiger partial charge in [0.1, 0.15) is 34.6 Å². The molecule has 356 valence electrons. The summed E-state index contributed by atoms with van der Waals surface area (Å²) < 4.78 is 55.9. The maximum atomic E-state index is 13.7. The van der Waals surface area contributed by atoms with Crippen molar-refractivity contribution in [3.8, 4) is 17.2 Å². The number of fused-ring (bicyclic) bond motifs is 3. The van der Waals surface area contributed by atoms with Crippen LogP contribution in [-0.2, 0) is 27.3 Å². The van der Waals surface area contributed by atoms with Crippen LogP contribution < -0.4 is 24.3 Å². The highest BCUT2D eigenvalue weighted by Gasteiger charge is 2.39. The lowest BCUT2D eigenvalue weighted by molar-refractivity contribution is -0.605. The summed E-state index contributed by atoms with van der Waals surface area (Å²) in [5.41, 5.74) is 3.71. The Labute approximate surface area is 402 Å². The smallest absolute Gasteiger partial charge is 0.408 e. The molecule has 10 rings (SSSR count). The number of likely N-dealkylation sites (tertiary alicyclic amines) is 1. The van der Waals surface area contributed by atoms with E-state index in [4.69, 9.17) is 46.9 Å². The lowest BCUT2D eigenvalue weighted by Gasteiger charge is -2.43. The number of esters is 1. The number of carbonyl (C=O) groups is 3. The molecule has 1 saturated carbocycles. The predicted octanol–water partition coefficient (Wildman–Crippen LogP) is 9.11. The fourth-order valence-corrected chi connectivity index (χ4v) is 9.51. The Morgan fingerprint density at radius 1 is 0.794 bits per heavy atom. The van der Waals surface area contributed by atoms with Crippen LogP contribution in [0.3, 0.4) is 0 Å². The molecule has 5 aliphatic rings. The monoisotopic (exact) mass is 970 g/mol. The SMILES string of the molecule is O=C(N[C@@H](c1ccccc1)c1cccc(OCc2ccc(C(=O)N3CC(C(=O)O[C@@H](Cc4c(Cl)c[n+]([O-])cc4Cl)c4ccc(OC(F)F)c(OCC5CC5)c4)C3)cc2)c1)O[C@H]1CN2CCC1CC2. The third kappa shape index (κ3) is 11.6. The number of aromatic nitrogens is 1. The second kappa shape index (κ2) is 21.0. The van der Waals surface area contributed by atoms with Crippen molar-refractivity contribution in [2.45, 2.75) is 63.6 Å². The van der Waals surface area contributed by atoms with E-state index < -0.39 is 36.7 Å². The zero-order valence-corrected chi connectivity index (χ0v) is 38.5. The number of piperidine rings is 3. The molecule has 2 bridgehead atoms. The van der Waals surface area contributed by atoms with Crippen molar-refractivity contribution >= 4 is 41.2 Å². The van der Waals surface area contributed by atoms with Gasteiger partial charge in [-0.2, -0.15) is 13.5 Å². The molecule has 1 aromatic heterocycles. The highest BCUT2D eigenvalue weighted by Crippen LogP contribution is 2.39. The molecule has 0 radical (unpaired) electrons. The van der Waals surface area contributed by atoms with E-state index in [0.717, 1.165) is 74.4 Å². The zero-order valence-electron chi connectivity index (χ0n) is 36.9. The number of alkyl halides is 2. The van der Waals surface area contributed by atoms with Crippen LogP contribution in [0, 0.1) is 23.0 Å². The second-order valence-corrected chi connectivity index (χ2v) is 18.6. The number of nitrogens with one attached hydrogen (secondary N) is 1. The van der Waals surface area contributed by atoms with Gasteiger partial charge in [-0.05, 0) is 109 Å². The number of carbonyl (C=O) groups excluding carboxylic acids is 3. The number of benzene rings is 4. The Bertz CT molecular complexity index is 2570. The number of ether oxygens (including phenoxy) is 5. The molecular formula is C51H50Cl2F2N4O9. The molecule has 0 unspecified atom stereocenters. The Kier molecular flexibility index (Phi) is 14.5. The molecular weight excluding hydrogens is 921 g/mol. The van der Waals surface area contributed by atoms with Gasteiger partial charge in [-0.25, -0.2) is 4.79 Å². The van der Waals surface area contributed by atoms with E-state index in [1.807, 2.05) is 54.6 Å². The molecule has 5 heterocycles. The van der Waals surface area contributed by atoms with Crippen molar-refractivity contribution in [3.63, 3.8) is 0 Å². The van der Waals surface area contributed by atoms with E-state index in [1.165, 1.54) is 18.2 Å². The van der Waals surface area contributed by atoms with E-state index in [0.29, 0.717) is 45.6 Å². The summed E-state index contributed by atoms with van der Waals surface area (Å²) in [6.45, 7) is 0.502. The first kappa shape index (κ1) is 46.9. The van der Waals surface area contributed by atoms with Crippen LogP contribution in [0.2, 0.25) is 10.0 Å². The lowest BCUT2D eigenvalue weighted by Crippen LogP contribution is -2.53. The third-order valence-corrected chi connectivity index (χ3v) is 13.6. The fraction of sp³-hybridized carbons (Fsp3) is 0.373. The van der Waals surface area contributed by atoms with Gasteiger partial charge in [-0.3, -0.25) is 14.5 Å². The van der Waals surface area contributed by atoms with Gasteiger partial charge in [0, 0.05) is 37.2 Å². The van der Waals surface area contributed by atoms with E-state index in [9.17, 15) is 28.4 Å². The average Bonchev–Trinajstić information content (AvgIpc) is 4.16. The van der Waals surface area contributed by atoms with Crippen LogP contribution in [0.1, 0.15) is 76.0 Å². The number of hydrogen-bond acceptors (Lipinski definition) is 10. The van der Waals surface area contributed by atoms with Gasteiger partial charge in [0.15, 0.2) is 23.9 Å². The molecule has 2 amide bonds. The molecule has 0 spiro atoms. The summed E-state index contributed by atoms with van der Waals surface area (Å²) in [7, 11) is 0. The van der Waals surface area contributed by atoms with Crippen LogP contribution >= 0.6 is 23.2 Å². The maximum Gasteiger partial charge on any atom is 0.408 e. The van der Waals surface area contributed by atoms with Crippen molar-refractivity contribution in [3.05, 3.63) is 158 Å². The van der Waals surface area contributed by atoms with Crippen LogP contribution in [0.25, 0.3) is 0 Å². The van der Waals surface area contributed by atoms with Gasteiger partial charge in [0.2, 0.25) is 0 Å². The first-order valence-electron chi connectivity index (χ1n) is 22.8. The quantitative estimate of drug-likeness (QED) is 0.0514. The van der Waals surface area contributed by atoms with Gasteiger partial charge >= 0.3 is 18.7 Å². The van der Waals surface area contributed by atoms with Crippen molar-refractivity contribution in [2.75, 3.05) is 39.3 Å². The Morgan fingerprint density at radius 3 is 2.19 bits per heavy atom. The van der Waals surface area contributed by atoms with Gasteiger partial charge in [-0.1, -0.05) is 83.9 Å². The highest BCUT2D eigenvalue weighted by atomic mass is 35.5. The molecule has 5 aromatic rings. The molecule has 4 aliphatic heterocycles. The Balaban J connectivity index is 0.811. The summed E-state index contributed by atoms with van der Waals surface area (Å²) in [4.78, 5) is 44.4. The normalized spacial score (nSPS) is 19.7. The summed E-state index contributed by atoms with van der Waals surface area (Å²) >= 11 is 12.8. The molecule has 1 N–H and O–H groups in total. The maximum absolute atomic E-state index is 13.7. The number of halogens is 4. The molecule has 5 fully saturated rings. The summed E-state index contributed by atoms with van der Waals surface area (Å²) in [5.74, 6) is -0.334. The van der Waals surface area contributed by atoms with Gasteiger partial charge in [0.25, 0.3) is 5.91 Å². The van der Waals surface area contributed by atoms with Gasteiger partial charge in [0.05, 0.1) is 18.6 Å². The molecule has 17 heteroatoms. The summed E-state index contributed by atoms with van der Waals surface area (Å²) in [6.07, 6.45) is 4.60. The number of alkyl carbamates (subject to hydrolysis) is 1. The van der Waals surface area contributed by atoms with E-state index in [1.54, 1.807) is 29.2 Å². The summed E-state index contributed by atoms with van der Waals surface area (Å²) in [6, 6.07) is 28.1. The number of rotatable bonds is 18. The van der Waals surface area contributed by atoms with Crippen molar-refractivity contribution < 1.29 is 51.6 Å². The fourth-order valence-electron chi connectivity index (χ4n) is 8.91. The number of hydrogen-bond donors (Lipinski definition) is 1. The first-order chi connectivity index (χ1) is 32.9. The Hall–Kier alpha value is -6.16. The highest BCUT2D eigenvalue weighted by molar-refractivity contribution is 6.35. The zero-order chi connectivity index (χ0) is 47.3. The molecule has 4 aromatic carbocycles. The first-order valence-corrected chi connectivity index (χ1v) is 23.5. The minimum absolute atomic E-state index is 0.0446. The molecule has 3 atom stereocenters. The van der Waals surface area contributed by atoms with E-state index in [-0.39, 0.29) is 59.7 Å². The number of nitrogens with zero attached hydrogens (tertiary/aromatic N) is 3. The van der Waals surface area contributed by atoms with Crippen molar-refractivity contribution in [1.29, 1.82) is 0 Å². The van der Waals surface area contributed by atoms with Crippen LogP contribution in [-0.4, -0.2) is 79.8 Å². The average molecular weight is 972 g/mol. The largest absolute Gasteiger partial charge is 0.619 e. The predicted molar refractivity (Wildman–Crippen MR) is 247 cm³/mol.